The molecular formula is C22H18Cl2N2O3. The second kappa shape index (κ2) is 9.45. The summed E-state index contributed by atoms with van der Waals surface area (Å²) in [6.07, 6.45) is 3.35. The Kier molecular flexibility index (Phi) is 6.75. The molecule has 0 spiro atoms. The minimum Gasteiger partial charge on any atom is -0.457 e. The molecule has 0 unspecified atom stereocenters. The van der Waals surface area contributed by atoms with Crippen molar-refractivity contribution in [3.05, 3.63) is 76.5 Å². The minimum absolute atomic E-state index is 0.0671. The molecule has 2 amide bonds. The quantitative estimate of drug-likeness (QED) is 0.455. The van der Waals surface area contributed by atoms with Gasteiger partial charge in [-0.15, -0.1) is 0 Å². The molecule has 3 aromatic rings. The van der Waals surface area contributed by atoms with Crippen molar-refractivity contribution >= 4 is 52.5 Å². The molecule has 0 fully saturated rings. The third-order valence-electron chi connectivity index (χ3n) is 3.93. The number of amides is 2. The summed E-state index contributed by atoms with van der Waals surface area (Å²) in [5, 5.41) is 6.52. The highest BCUT2D eigenvalue weighted by Crippen LogP contribution is 2.29. The van der Waals surface area contributed by atoms with E-state index in [1.807, 2.05) is 0 Å². The number of carbonyl (C=O) groups is 2. The molecule has 2 aromatic carbocycles. The Morgan fingerprint density at radius 1 is 0.931 bits per heavy atom. The van der Waals surface area contributed by atoms with Crippen LogP contribution < -0.4 is 10.6 Å². The second-order valence-corrected chi connectivity index (χ2v) is 7.03. The van der Waals surface area contributed by atoms with E-state index in [0.29, 0.717) is 39.4 Å². The van der Waals surface area contributed by atoms with Crippen LogP contribution >= 0.6 is 23.2 Å². The average Bonchev–Trinajstić information content (AvgIpc) is 3.16. The molecule has 7 heteroatoms. The average molecular weight is 429 g/mol. The summed E-state index contributed by atoms with van der Waals surface area (Å²) >= 11 is 12.0. The first-order valence-electron chi connectivity index (χ1n) is 8.88. The lowest BCUT2D eigenvalue weighted by atomic mass is 10.2. The highest BCUT2D eigenvalue weighted by atomic mass is 35.5. The van der Waals surface area contributed by atoms with E-state index in [9.17, 15) is 9.59 Å². The van der Waals surface area contributed by atoms with Gasteiger partial charge < -0.3 is 15.1 Å². The predicted molar refractivity (Wildman–Crippen MR) is 117 cm³/mol. The van der Waals surface area contributed by atoms with Gasteiger partial charge in [-0.2, -0.15) is 0 Å². The largest absolute Gasteiger partial charge is 0.457 e. The van der Waals surface area contributed by atoms with Gasteiger partial charge in [0.2, 0.25) is 11.8 Å². The zero-order chi connectivity index (χ0) is 20.8. The van der Waals surface area contributed by atoms with Gasteiger partial charge in [0, 0.05) is 39.5 Å². The Balaban J connectivity index is 1.61. The molecule has 0 saturated heterocycles. The first-order valence-corrected chi connectivity index (χ1v) is 9.64. The van der Waals surface area contributed by atoms with Gasteiger partial charge in [-0.3, -0.25) is 9.59 Å². The molecule has 29 heavy (non-hydrogen) atoms. The summed E-state index contributed by atoms with van der Waals surface area (Å²) in [6, 6.07) is 15.5. The van der Waals surface area contributed by atoms with Crippen LogP contribution in [0.2, 0.25) is 10.0 Å². The molecule has 2 N–H and O–H groups in total. The maximum atomic E-state index is 12.1. The van der Waals surface area contributed by atoms with E-state index in [4.69, 9.17) is 27.6 Å². The van der Waals surface area contributed by atoms with Crippen molar-refractivity contribution in [1.82, 2.24) is 0 Å². The van der Waals surface area contributed by atoms with E-state index in [0.717, 1.165) is 5.56 Å². The molecule has 1 heterocycles. The number of furan rings is 1. The second-order valence-electron chi connectivity index (χ2n) is 6.16. The number of hydrogen-bond donors (Lipinski definition) is 2. The normalized spacial score (nSPS) is 10.9. The van der Waals surface area contributed by atoms with Crippen LogP contribution in [-0.2, 0) is 9.59 Å². The standard InChI is InChI=1S/C22H18Cl2N2O3/c1-2-21(27)25-17-3-5-18(6-4-17)26-22(28)10-8-19-7-9-20(29-19)14-11-15(23)13-16(24)12-14/h3-13H,2H2,1H3,(H,25,27)(H,26,28). The van der Waals surface area contributed by atoms with Crippen molar-refractivity contribution in [2.45, 2.75) is 13.3 Å². The van der Waals surface area contributed by atoms with Gasteiger partial charge in [-0.05, 0) is 60.7 Å². The molecule has 1 aromatic heterocycles. The van der Waals surface area contributed by atoms with Crippen LogP contribution in [0.3, 0.4) is 0 Å². The van der Waals surface area contributed by atoms with Gasteiger partial charge in [0.25, 0.3) is 0 Å². The van der Waals surface area contributed by atoms with Crippen molar-refractivity contribution in [3.63, 3.8) is 0 Å². The summed E-state index contributed by atoms with van der Waals surface area (Å²) in [5.41, 5.74) is 2.04. The van der Waals surface area contributed by atoms with Crippen molar-refractivity contribution in [3.8, 4) is 11.3 Å². The number of rotatable bonds is 6. The smallest absolute Gasteiger partial charge is 0.248 e. The molecule has 5 nitrogen and oxygen atoms in total. The van der Waals surface area contributed by atoms with Crippen molar-refractivity contribution in [1.29, 1.82) is 0 Å². The van der Waals surface area contributed by atoms with E-state index in [1.165, 1.54) is 6.08 Å². The Hall–Kier alpha value is -3.02. The molecule has 0 aliphatic heterocycles. The molecule has 3 rings (SSSR count). The van der Waals surface area contributed by atoms with Crippen LogP contribution in [0.4, 0.5) is 11.4 Å². The summed E-state index contributed by atoms with van der Waals surface area (Å²) in [6.45, 7) is 1.78. The lowest BCUT2D eigenvalue weighted by molar-refractivity contribution is -0.116. The number of nitrogens with one attached hydrogen (secondary N) is 2. The number of hydrogen-bond acceptors (Lipinski definition) is 3. The number of benzene rings is 2. The Morgan fingerprint density at radius 2 is 1.55 bits per heavy atom. The van der Waals surface area contributed by atoms with E-state index in [-0.39, 0.29) is 11.8 Å². The fourth-order valence-corrected chi connectivity index (χ4v) is 3.05. The summed E-state index contributed by atoms with van der Waals surface area (Å²) in [7, 11) is 0. The first kappa shape index (κ1) is 20.7. The fraction of sp³-hybridized carbons (Fsp3) is 0.0909. The summed E-state index contributed by atoms with van der Waals surface area (Å²) in [5.74, 6) is 0.740. The zero-order valence-electron chi connectivity index (χ0n) is 15.5. The van der Waals surface area contributed by atoms with E-state index in [2.05, 4.69) is 10.6 Å². The van der Waals surface area contributed by atoms with Gasteiger partial charge in [0.05, 0.1) is 0 Å². The maximum absolute atomic E-state index is 12.1. The highest BCUT2D eigenvalue weighted by molar-refractivity contribution is 6.35. The van der Waals surface area contributed by atoms with Gasteiger partial charge in [0.15, 0.2) is 0 Å². The fourth-order valence-electron chi connectivity index (χ4n) is 2.52. The van der Waals surface area contributed by atoms with Gasteiger partial charge in [-0.1, -0.05) is 30.1 Å². The molecule has 0 bridgehead atoms. The molecule has 0 radical (unpaired) electrons. The van der Waals surface area contributed by atoms with E-state index >= 15 is 0 Å². The summed E-state index contributed by atoms with van der Waals surface area (Å²) in [4.78, 5) is 23.5. The lowest BCUT2D eigenvalue weighted by Gasteiger charge is -2.05. The topological polar surface area (TPSA) is 71.3 Å². The van der Waals surface area contributed by atoms with Crippen LogP contribution in [0.1, 0.15) is 19.1 Å². The number of carbonyl (C=O) groups excluding carboxylic acids is 2. The van der Waals surface area contributed by atoms with Crippen LogP contribution in [0.15, 0.2) is 65.1 Å². The molecule has 148 valence electrons. The van der Waals surface area contributed by atoms with Crippen LogP contribution in [0.5, 0.6) is 0 Å². The van der Waals surface area contributed by atoms with E-state index in [1.54, 1.807) is 67.6 Å². The van der Waals surface area contributed by atoms with Gasteiger partial charge in [-0.25, -0.2) is 0 Å². The van der Waals surface area contributed by atoms with Crippen molar-refractivity contribution in [2.75, 3.05) is 10.6 Å². The van der Waals surface area contributed by atoms with Crippen molar-refractivity contribution < 1.29 is 14.0 Å². The highest BCUT2D eigenvalue weighted by Gasteiger charge is 2.06. The Morgan fingerprint density at radius 3 is 2.17 bits per heavy atom. The number of anilines is 2. The van der Waals surface area contributed by atoms with E-state index < -0.39 is 0 Å². The monoisotopic (exact) mass is 428 g/mol. The minimum atomic E-state index is -0.306. The molecule has 0 aliphatic carbocycles. The molecule has 0 atom stereocenters. The predicted octanol–water partition coefficient (Wildman–Crippen LogP) is 6.25. The van der Waals surface area contributed by atoms with Gasteiger partial charge in [0.1, 0.15) is 11.5 Å². The molecule has 0 aliphatic rings. The van der Waals surface area contributed by atoms with Gasteiger partial charge >= 0.3 is 0 Å². The molecular weight excluding hydrogens is 411 g/mol. The Labute approximate surface area is 178 Å². The SMILES string of the molecule is CCC(=O)Nc1ccc(NC(=O)C=Cc2ccc(-c3cc(Cl)cc(Cl)c3)o2)cc1. The maximum Gasteiger partial charge on any atom is 0.248 e. The number of halogens is 2. The molecule has 0 saturated carbocycles. The third kappa shape index (κ3) is 5.98. The zero-order valence-corrected chi connectivity index (χ0v) is 17.1. The van der Waals surface area contributed by atoms with Crippen LogP contribution in [0.25, 0.3) is 17.4 Å². The third-order valence-corrected chi connectivity index (χ3v) is 4.37. The summed E-state index contributed by atoms with van der Waals surface area (Å²) < 4.78 is 5.72. The first-order chi connectivity index (χ1) is 13.9. The lowest BCUT2D eigenvalue weighted by Crippen LogP contribution is -2.10. The van der Waals surface area contributed by atoms with Crippen LogP contribution in [0, 0.1) is 0 Å². The Bertz CT molecular complexity index is 1040. The van der Waals surface area contributed by atoms with Crippen LogP contribution in [-0.4, -0.2) is 11.8 Å². The van der Waals surface area contributed by atoms with Crippen molar-refractivity contribution in [2.24, 2.45) is 0 Å².